The van der Waals surface area contributed by atoms with E-state index in [-0.39, 0.29) is 0 Å². The number of rotatable bonds is 0. The summed E-state index contributed by atoms with van der Waals surface area (Å²) in [4.78, 5) is 4.81. The molecule has 0 aliphatic rings. The third-order valence-electron chi connectivity index (χ3n) is 3.74. The second-order valence-electron chi connectivity index (χ2n) is 5.20. The quantitative estimate of drug-likeness (QED) is 0.341. The summed E-state index contributed by atoms with van der Waals surface area (Å²) in [6, 6.07) is 23.2. The molecule has 0 spiro atoms. The Labute approximate surface area is 132 Å². The van der Waals surface area contributed by atoms with Gasteiger partial charge in [-0.25, -0.2) is 4.98 Å². The molecule has 0 fully saturated rings. The van der Waals surface area contributed by atoms with Gasteiger partial charge in [0.25, 0.3) is 0 Å². The molecule has 2 heterocycles. The van der Waals surface area contributed by atoms with Crippen molar-refractivity contribution in [2.75, 3.05) is 0 Å². The number of hydrogen-bond acceptors (Lipinski definition) is 3. The van der Waals surface area contributed by atoms with Gasteiger partial charge in [0, 0.05) is 16.2 Å². The molecular weight excluding hydrogens is 284 g/mol. The van der Waals surface area contributed by atoms with Crippen LogP contribution in [0.5, 0.6) is 0 Å². The molecule has 23 heavy (non-hydrogen) atoms. The topological polar surface area (TPSA) is 54.5 Å². The van der Waals surface area contributed by atoms with Crippen molar-refractivity contribution >= 4 is 32.6 Å². The molecule has 4 heteroatoms. The van der Waals surface area contributed by atoms with Gasteiger partial charge in [-0.1, -0.05) is 54.6 Å². The van der Waals surface area contributed by atoms with Crippen molar-refractivity contribution in [3.63, 3.8) is 0 Å². The van der Waals surface area contributed by atoms with Crippen LogP contribution in [-0.4, -0.2) is 20.4 Å². The smallest absolute Gasteiger partial charge is 0.0788 e. The minimum atomic E-state index is 1.06. The van der Waals surface area contributed by atoms with Gasteiger partial charge in [-0.3, -0.25) is 0 Å². The average molecular weight is 298 g/mol. The number of benzene rings is 3. The Hall–Kier alpha value is -3.27. The summed E-state index contributed by atoms with van der Waals surface area (Å²) in [5.41, 5.74) is 2.15. The monoisotopic (exact) mass is 298 g/mol. The highest BCUT2D eigenvalue weighted by Crippen LogP contribution is 2.26. The summed E-state index contributed by atoms with van der Waals surface area (Å²) < 4.78 is 0. The van der Waals surface area contributed by atoms with Gasteiger partial charge in [-0.15, -0.1) is 0 Å². The molecule has 0 saturated carbocycles. The van der Waals surface area contributed by atoms with E-state index >= 15 is 0 Å². The highest BCUT2D eigenvalue weighted by molar-refractivity contribution is 6.08. The van der Waals surface area contributed by atoms with E-state index < -0.39 is 0 Å². The average Bonchev–Trinajstić information content (AvgIpc) is 3.20. The van der Waals surface area contributed by atoms with Crippen molar-refractivity contribution in [1.82, 2.24) is 20.4 Å². The maximum absolute atomic E-state index is 4.81. The number of H-pyrrole nitrogens is 1. The normalized spacial score (nSPS) is 10.6. The lowest BCUT2D eigenvalue weighted by molar-refractivity contribution is 0.940. The minimum Gasteiger partial charge on any atom is -0.247 e. The first kappa shape index (κ1) is 13.4. The number of nitrogens with zero attached hydrogens (tertiary/aromatic N) is 3. The summed E-state index contributed by atoms with van der Waals surface area (Å²) in [6.07, 6.45) is 3.17. The first-order chi connectivity index (χ1) is 11.4. The Morgan fingerprint density at radius 3 is 2.13 bits per heavy atom. The van der Waals surface area contributed by atoms with Crippen LogP contribution < -0.4 is 0 Å². The standard InChI is InChI=1S/C17H11N.C2H3N3/c1-3-7-15-12(5-1)9-10-14-11-13-6-2-4-8-16(13)18-17(14)15;1-2-4-5-3-1/h1-11H;1-2H,(H,3,4,5). The largest absolute Gasteiger partial charge is 0.247 e. The molecule has 0 aliphatic carbocycles. The minimum absolute atomic E-state index is 1.06. The molecule has 0 atom stereocenters. The number of aromatic nitrogens is 4. The number of fused-ring (bicyclic) bond motifs is 4. The number of para-hydroxylation sites is 1. The van der Waals surface area contributed by atoms with E-state index in [2.05, 4.69) is 76.1 Å². The van der Waals surface area contributed by atoms with E-state index in [9.17, 15) is 0 Å². The lowest BCUT2D eigenvalue weighted by Gasteiger charge is -2.05. The fraction of sp³-hybridized carbons (Fsp3) is 0. The van der Waals surface area contributed by atoms with Crippen LogP contribution in [0.3, 0.4) is 0 Å². The maximum atomic E-state index is 4.81. The molecule has 1 N–H and O–H groups in total. The molecule has 0 aliphatic heterocycles. The maximum Gasteiger partial charge on any atom is 0.0788 e. The van der Waals surface area contributed by atoms with E-state index in [4.69, 9.17) is 4.98 Å². The van der Waals surface area contributed by atoms with E-state index in [1.807, 2.05) is 6.07 Å². The highest BCUT2D eigenvalue weighted by atomic mass is 15.3. The van der Waals surface area contributed by atoms with E-state index in [1.165, 1.54) is 21.5 Å². The fourth-order valence-electron chi connectivity index (χ4n) is 2.68. The van der Waals surface area contributed by atoms with Crippen molar-refractivity contribution in [1.29, 1.82) is 0 Å². The fourth-order valence-corrected chi connectivity index (χ4v) is 2.68. The molecular formula is C19H14N4. The lowest BCUT2D eigenvalue weighted by Crippen LogP contribution is -1.84. The summed E-state index contributed by atoms with van der Waals surface area (Å²) >= 11 is 0. The van der Waals surface area contributed by atoms with Crippen LogP contribution in [0.2, 0.25) is 0 Å². The Morgan fingerprint density at radius 2 is 1.35 bits per heavy atom. The third-order valence-corrected chi connectivity index (χ3v) is 3.74. The molecule has 110 valence electrons. The van der Waals surface area contributed by atoms with Crippen LogP contribution in [0, 0.1) is 0 Å². The lowest BCUT2D eigenvalue weighted by atomic mass is 10.0. The summed E-state index contributed by atoms with van der Waals surface area (Å²) in [5, 5.41) is 14.2. The second kappa shape index (κ2) is 5.85. The number of nitrogens with one attached hydrogen (secondary N) is 1. The van der Waals surface area contributed by atoms with Crippen molar-refractivity contribution < 1.29 is 0 Å². The number of aromatic amines is 1. The second-order valence-corrected chi connectivity index (χ2v) is 5.20. The Bertz CT molecular complexity index is 1050. The van der Waals surface area contributed by atoms with Gasteiger partial charge in [0.15, 0.2) is 0 Å². The van der Waals surface area contributed by atoms with E-state index in [0.717, 1.165) is 11.0 Å². The van der Waals surface area contributed by atoms with Gasteiger partial charge < -0.3 is 0 Å². The Kier molecular flexibility index (Phi) is 3.41. The molecule has 0 radical (unpaired) electrons. The van der Waals surface area contributed by atoms with Gasteiger partial charge in [-0.2, -0.15) is 15.4 Å². The molecule has 0 saturated heterocycles. The van der Waals surface area contributed by atoms with E-state index in [0.29, 0.717) is 0 Å². The van der Waals surface area contributed by atoms with Crippen LogP contribution in [0.1, 0.15) is 0 Å². The van der Waals surface area contributed by atoms with Crippen LogP contribution in [-0.2, 0) is 0 Å². The number of pyridine rings is 1. The predicted octanol–water partition coefficient (Wildman–Crippen LogP) is 4.35. The van der Waals surface area contributed by atoms with Gasteiger partial charge >= 0.3 is 0 Å². The van der Waals surface area contributed by atoms with Gasteiger partial charge in [-0.05, 0) is 17.5 Å². The highest BCUT2D eigenvalue weighted by Gasteiger charge is 2.03. The molecule has 0 unspecified atom stereocenters. The first-order valence-electron chi connectivity index (χ1n) is 7.39. The summed E-state index contributed by atoms with van der Waals surface area (Å²) in [6.45, 7) is 0. The molecule has 2 aromatic heterocycles. The Balaban J connectivity index is 0.000000233. The first-order valence-corrected chi connectivity index (χ1v) is 7.39. The molecule has 0 amide bonds. The third kappa shape index (κ3) is 2.62. The SMILES string of the molecule is c1ccc2nc3c(ccc4ccccc43)cc2c1.c1cn[nH]n1. The number of hydrogen-bond donors (Lipinski definition) is 1. The molecule has 4 nitrogen and oxygen atoms in total. The van der Waals surface area contributed by atoms with Crippen LogP contribution in [0.4, 0.5) is 0 Å². The zero-order valence-corrected chi connectivity index (χ0v) is 12.3. The van der Waals surface area contributed by atoms with Crippen molar-refractivity contribution in [3.05, 3.63) is 79.1 Å². The molecule has 0 bridgehead atoms. The predicted molar refractivity (Wildman–Crippen MR) is 93.1 cm³/mol. The summed E-state index contributed by atoms with van der Waals surface area (Å²) in [7, 11) is 0. The summed E-state index contributed by atoms with van der Waals surface area (Å²) in [5.74, 6) is 0. The van der Waals surface area contributed by atoms with Crippen molar-refractivity contribution in [2.24, 2.45) is 0 Å². The van der Waals surface area contributed by atoms with Crippen molar-refractivity contribution in [2.45, 2.75) is 0 Å². The van der Waals surface area contributed by atoms with Crippen LogP contribution >= 0.6 is 0 Å². The zero-order chi connectivity index (χ0) is 15.5. The van der Waals surface area contributed by atoms with Crippen molar-refractivity contribution in [3.8, 4) is 0 Å². The molecule has 5 rings (SSSR count). The van der Waals surface area contributed by atoms with E-state index in [1.54, 1.807) is 12.4 Å². The van der Waals surface area contributed by atoms with Gasteiger partial charge in [0.1, 0.15) is 0 Å². The van der Waals surface area contributed by atoms with Gasteiger partial charge in [0.05, 0.1) is 23.4 Å². The molecule has 3 aromatic carbocycles. The zero-order valence-electron chi connectivity index (χ0n) is 12.3. The Morgan fingerprint density at radius 1 is 0.652 bits per heavy atom. The van der Waals surface area contributed by atoms with Gasteiger partial charge in [0.2, 0.25) is 0 Å². The van der Waals surface area contributed by atoms with Crippen LogP contribution in [0.25, 0.3) is 32.6 Å². The van der Waals surface area contributed by atoms with Crippen LogP contribution in [0.15, 0.2) is 79.1 Å². The molecule has 5 aromatic rings.